The number of nitrogens with one attached hydrogen (secondary N) is 1. The Morgan fingerprint density at radius 1 is 1.27 bits per heavy atom. The van der Waals surface area contributed by atoms with Crippen molar-refractivity contribution in [2.45, 2.75) is 24.9 Å². The number of halogens is 2. The van der Waals surface area contributed by atoms with E-state index in [9.17, 15) is 0 Å². The summed E-state index contributed by atoms with van der Waals surface area (Å²) in [7, 11) is 0. The highest BCUT2D eigenvalue weighted by molar-refractivity contribution is 7.20. The van der Waals surface area contributed by atoms with Crippen molar-refractivity contribution < 1.29 is 4.74 Å². The number of nitrogens with two attached hydrogens (primary N) is 1. The predicted octanol–water partition coefficient (Wildman–Crippen LogP) is 5.05. The lowest BCUT2D eigenvalue weighted by atomic mass is 9.94. The molecule has 0 saturated carbocycles. The van der Waals surface area contributed by atoms with Crippen LogP contribution in [-0.4, -0.2) is 24.2 Å². The Morgan fingerprint density at radius 2 is 2.08 bits per heavy atom. The number of nitrogens with zero attached hydrogens (tertiary/aromatic N) is 1. The normalized spacial score (nSPS) is 20.4. The van der Waals surface area contributed by atoms with Crippen molar-refractivity contribution in [3.63, 3.8) is 0 Å². The molecule has 0 spiro atoms. The number of anilines is 1. The van der Waals surface area contributed by atoms with Crippen LogP contribution in [0.15, 0.2) is 36.4 Å². The van der Waals surface area contributed by atoms with E-state index in [2.05, 4.69) is 22.4 Å². The summed E-state index contributed by atoms with van der Waals surface area (Å²) in [5.41, 5.74) is 9.15. The lowest BCUT2D eigenvalue weighted by Crippen LogP contribution is -2.37. The Morgan fingerprint density at radius 3 is 2.85 bits per heavy atom. The molecular formula is C19H19Cl2N3OS. The van der Waals surface area contributed by atoms with Crippen molar-refractivity contribution in [1.29, 1.82) is 0 Å². The summed E-state index contributed by atoms with van der Waals surface area (Å²) < 4.78 is 6.48. The zero-order valence-electron chi connectivity index (χ0n) is 14.0. The first-order chi connectivity index (χ1) is 12.6. The van der Waals surface area contributed by atoms with E-state index < -0.39 is 0 Å². The molecule has 1 aliphatic rings. The van der Waals surface area contributed by atoms with Gasteiger partial charge in [0.15, 0.2) is 0 Å². The van der Waals surface area contributed by atoms with Crippen LogP contribution < -0.4 is 11.1 Å². The molecule has 1 saturated heterocycles. The monoisotopic (exact) mass is 407 g/mol. The minimum atomic E-state index is -0.0505. The SMILES string of the molecule is N[C@@H]1COCC[C@H]1c1sc2c(NCc3ccccc3)cc(Cl)nc2c1Cl. The molecule has 3 N–H and O–H groups in total. The molecule has 4 nitrogen and oxygen atoms in total. The van der Waals surface area contributed by atoms with E-state index in [0.29, 0.717) is 29.9 Å². The minimum absolute atomic E-state index is 0.0505. The van der Waals surface area contributed by atoms with Crippen molar-refractivity contribution in [1.82, 2.24) is 4.98 Å². The van der Waals surface area contributed by atoms with Crippen molar-refractivity contribution >= 4 is 50.4 Å². The first-order valence-corrected chi connectivity index (χ1v) is 10.1. The van der Waals surface area contributed by atoms with Gasteiger partial charge in [0, 0.05) is 36.1 Å². The summed E-state index contributed by atoms with van der Waals surface area (Å²) in [4.78, 5) is 5.54. The van der Waals surface area contributed by atoms with Crippen molar-refractivity contribution in [2.24, 2.45) is 5.73 Å². The van der Waals surface area contributed by atoms with E-state index in [1.807, 2.05) is 24.3 Å². The van der Waals surface area contributed by atoms with Crippen molar-refractivity contribution in [2.75, 3.05) is 18.5 Å². The van der Waals surface area contributed by atoms with Crippen LogP contribution in [-0.2, 0) is 11.3 Å². The fraction of sp³-hybridized carbons (Fsp3) is 0.316. The zero-order valence-corrected chi connectivity index (χ0v) is 16.4. The van der Waals surface area contributed by atoms with E-state index in [1.165, 1.54) is 5.56 Å². The lowest BCUT2D eigenvalue weighted by molar-refractivity contribution is 0.0703. The Bertz CT molecular complexity index is 916. The van der Waals surface area contributed by atoms with E-state index in [0.717, 1.165) is 27.2 Å². The number of ether oxygens (including phenoxy) is 1. The van der Waals surface area contributed by atoms with E-state index >= 15 is 0 Å². The molecule has 1 fully saturated rings. The Hall–Kier alpha value is -1.37. The second-order valence-corrected chi connectivity index (χ2v) is 8.24. The third-order valence-corrected chi connectivity index (χ3v) is 6.67. The highest BCUT2D eigenvalue weighted by Gasteiger charge is 2.29. The van der Waals surface area contributed by atoms with Crippen LogP contribution in [0.4, 0.5) is 5.69 Å². The largest absolute Gasteiger partial charge is 0.380 e. The van der Waals surface area contributed by atoms with Crippen LogP contribution in [0.2, 0.25) is 10.2 Å². The molecule has 2 aromatic heterocycles. The van der Waals surface area contributed by atoms with Gasteiger partial charge in [-0.05, 0) is 12.0 Å². The predicted molar refractivity (Wildman–Crippen MR) is 110 cm³/mol. The molecule has 26 heavy (non-hydrogen) atoms. The summed E-state index contributed by atoms with van der Waals surface area (Å²) in [6, 6.07) is 12.0. The summed E-state index contributed by atoms with van der Waals surface area (Å²) in [6.07, 6.45) is 0.869. The second kappa shape index (κ2) is 7.71. The maximum Gasteiger partial charge on any atom is 0.131 e. The van der Waals surface area contributed by atoms with Gasteiger partial charge >= 0.3 is 0 Å². The number of hydrogen-bond acceptors (Lipinski definition) is 5. The standard InChI is InChI=1S/C19H19Cl2N3OS/c20-15-8-14(23-9-11-4-2-1-3-5-11)19-17(24-15)16(21)18(26-19)12-6-7-25-10-13(12)22/h1-5,8,12-13H,6-7,9-10,22H2,(H,23,24)/t12-,13-/m1/s1. The summed E-state index contributed by atoms with van der Waals surface area (Å²) in [5.74, 6) is 0.191. The van der Waals surface area contributed by atoms with Gasteiger partial charge < -0.3 is 15.8 Å². The second-order valence-electron chi connectivity index (χ2n) is 6.42. The molecule has 3 aromatic rings. The number of pyridine rings is 1. The molecule has 0 radical (unpaired) electrons. The highest BCUT2D eigenvalue weighted by Crippen LogP contribution is 2.45. The summed E-state index contributed by atoms with van der Waals surface area (Å²) in [6.45, 7) is 1.97. The van der Waals surface area contributed by atoms with Crippen LogP contribution in [0.25, 0.3) is 10.2 Å². The maximum atomic E-state index is 6.68. The van der Waals surface area contributed by atoms with E-state index in [4.69, 9.17) is 33.7 Å². The smallest absolute Gasteiger partial charge is 0.131 e. The molecule has 2 atom stereocenters. The number of fused-ring (bicyclic) bond motifs is 1. The molecule has 0 amide bonds. The van der Waals surface area contributed by atoms with Gasteiger partial charge in [0.05, 0.1) is 22.0 Å². The molecule has 0 aliphatic carbocycles. The van der Waals surface area contributed by atoms with Gasteiger partial charge in [0.1, 0.15) is 10.7 Å². The van der Waals surface area contributed by atoms with Crippen LogP contribution >= 0.6 is 34.5 Å². The van der Waals surface area contributed by atoms with Gasteiger partial charge in [-0.1, -0.05) is 53.5 Å². The Balaban J connectivity index is 1.70. The van der Waals surface area contributed by atoms with Gasteiger partial charge in [-0.25, -0.2) is 4.98 Å². The molecule has 7 heteroatoms. The van der Waals surface area contributed by atoms with Gasteiger partial charge in [0.25, 0.3) is 0 Å². The van der Waals surface area contributed by atoms with E-state index in [-0.39, 0.29) is 12.0 Å². The van der Waals surface area contributed by atoms with Crippen molar-refractivity contribution in [3.8, 4) is 0 Å². The average Bonchev–Trinajstić information content (AvgIpc) is 2.98. The number of aromatic nitrogens is 1. The molecule has 1 aliphatic heterocycles. The highest BCUT2D eigenvalue weighted by atomic mass is 35.5. The molecule has 1 aromatic carbocycles. The van der Waals surface area contributed by atoms with Crippen molar-refractivity contribution in [3.05, 3.63) is 57.0 Å². The Kier molecular flexibility index (Phi) is 5.34. The van der Waals surface area contributed by atoms with Crippen LogP contribution in [0.3, 0.4) is 0 Å². The van der Waals surface area contributed by atoms with Gasteiger partial charge in [0.2, 0.25) is 0 Å². The first kappa shape index (κ1) is 18.0. The van der Waals surface area contributed by atoms with E-state index in [1.54, 1.807) is 11.3 Å². The number of rotatable bonds is 4. The van der Waals surface area contributed by atoms with Gasteiger partial charge in [-0.15, -0.1) is 11.3 Å². The number of benzene rings is 1. The van der Waals surface area contributed by atoms with Gasteiger partial charge in [-0.2, -0.15) is 0 Å². The Labute approximate surface area is 166 Å². The third-order valence-electron chi connectivity index (χ3n) is 4.64. The summed E-state index contributed by atoms with van der Waals surface area (Å²) in [5, 5.41) is 4.56. The van der Waals surface area contributed by atoms with Crippen LogP contribution in [0, 0.1) is 0 Å². The van der Waals surface area contributed by atoms with Gasteiger partial charge in [-0.3, -0.25) is 0 Å². The lowest BCUT2D eigenvalue weighted by Gasteiger charge is -2.28. The molecular weight excluding hydrogens is 389 g/mol. The number of thiophene rings is 1. The van der Waals surface area contributed by atoms with Crippen LogP contribution in [0.5, 0.6) is 0 Å². The molecule has 3 heterocycles. The first-order valence-electron chi connectivity index (χ1n) is 8.53. The third kappa shape index (κ3) is 3.55. The van der Waals surface area contributed by atoms with Crippen LogP contribution in [0.1, 0.15) is 22.8 Å². The average molecular weight is 408 g/mol. The quantitative estimate of drug-likeness (QED) is 0.594. The summed E-state index contributed by atoms with van der Waals surface area (Å²) >= 11 is 14.6. The zero-order chi connectivity index (χ0) is 18.1. The number of hydrogen-bond donors (Lipinski definition) is 2. The molecule has 136 valence electrons. The maximum absolute atomic E-state index is 6.68. The fourth-order valence-electron chi connectivity index (χ4n) is 3.27. The molecule has 4 rings (SSSR count). The molecule has 0 bridgehead atoms. The minimum Gasteiger partial charge on any atom is -0.380 e. The fourth-order valence-corrected chi connectivity index (χ4v) is 5.25. The topological polar surface area (TPSA) is 60.2 Å². The molecule has 0 unspecified atom stereocenters.